The third-order valence-corrected chi connectivity index (χ3v) is 5.96. The van der Waals surface area contributed by atoms with Gasteiger partial charge >= 0.3 is 6.03 Å². The molecule has 160 valence electrons. The van der Waals surface area contributed by atoms with Gasteiger partial charge in [-0.15, -0.1) is 0 Å². The first-order valence-electron chi connectivity index (χ1n) is 10.3. The second-order valence-electron chi connectivity index (χ2n) is 8.08. The molecule has 0 bridgehead atoms. The van der Waals surface area contributed by atoms with Gasteiger partial charge < -0.3 is 35.1 Å². The van der Waals surface area contributed by atoms with Gasteiger partial charge in [0.05, 0.1) is 25.2 Å². The van der Waals surface area contributed by atoms with Crippen LogP contribution in [0, 0.1) is 0 Å². The number of carbonyl (C=O) groups is 2. The zero-order chi connectivity index (χ0) is 20.4. The summed E-state index contributed by atoms with van der Waals surface area (Å²) in [5, 5.41) is 19.0. The summed E-state index contributed by atoms with van der Waals surface area (Å²) in [5.41, 5.74) is 0. The van der Waals surface area contributed by atoms with E-state index in [1.54, 1.807) is 6.20 Å². The zero-order valence-electron chi connectivity index (χ0n) is 16.5. The lowest BCUT2D eigenvalue weighted by molar-refractivity contribution is -0.125. The molecule has 2 aliphatic heterocycles. The first-order valence-corrected chi connectivity index (χ1v) is 10.3. The lowest BCUT2D eigenvalue weighted by Crippen LogP contribution is -2.48. The number of aryl methyl sites for hydroxylation is 1. The van der Waals surface area contributed by atoms with Crippen LogP contribution in [0.4, 0.5) is 4.79 Å². The van der Waals surface area contributed by atoms with Crippen LogP contribution in [0.3, 0.4) is 0 Å². The van der Waals surface area contributed by atoms with E-state index < -0.39 is 18.3 Å². The number of imidazole rings is 1. The standard InChI is InChI=1S/C19H29N5O5/c1-24-6-5-20-15(24)10-21-16(25)8-12-7-13-18(28-12)17(26)14(29-13)9-22-19(27)23-11-3-2-4-11/h5-6,11-14,17-18,26H,2-4,7-10H2,1H3,(H,21,25)(H2,22,23,27)/t12-,13+,14+,17+,18-/m0/s1. The maximum absolute atomic E-state index is 12.2. The van der Waals surface area contributed by atoms with Crippen molar-refractivity contribution in [3.8, 4) is 0 Å². The molecule has 2 saturated heterocycles. The van der Waals surface area contributed by atoms with Gasteiger partial charge in [0.15, 0.2) is 0 Å². The van der Waals surface area contributed by atoms with Gasteiger partial charge in [-0.2, -0.15) is 0 Å². The highest BCUT2D eigenvalue weighted by molar-refractivity contribution is 5.76. The number of hydrogen-bond acceptors (Lipinski definition) is 6. The van der Waals surface area contributed by atoms with Crippen molar-refractivity contribution in [2.24, 2.45) is 7.05 Å². The molecule has 1 aromatic heterocycles. The van der Waals surface area contributed by atoms with E-state index in [4.69, 9.17) is 9.47 Å². The molecule has 3 aliphatic rings. The quantitative estimate of drug-likeness (QED) is 0.486. The lowest BCUT2D eigenvalue weighted by atomic mass is 9.93. The first-order chi connectivity index (χ1) is 14.0. The maximum atomic E-state index is 12.2. The fourth-order valence-corrected chi connectivity index (χ4v) is 4.01. The molecule has 0 unspecified atom stereocenters. The summed E-state index contributed by atoms with van der Waals surface area (Å²) in [5.74, 6) is 0.649. The van der Waals surface area contributed by atoms with Crippen LogP contribution in [0.5, 0.6) is 0 Å². The fraction of sp³-hybridized carbons (Fsp3) is 0.737. The van der Waals surface area contributed by atoms with E-state index in [2.05, 4.69) is 20.9 Å². The number of urea groups is 1. The molecule has 0 spiro atoms. The molecule has 0 radical (unpaired) electrons. The van der Waals surface area contributed by atoms with Crippen LogP contribution in [-0.4, -0.2) is 69.7 Å². The van der Waals surface area contributed by atoms with Gasteiger partial charge in [0.2, 0.25) is 5.91 Å². The van der Waals surface area contributed by atoms with Crippen molar-refractivity contribution in [3.05, 3.63) is 18.2 Å². The summed E-state index contributed by atoms with van der Waals surface area (Å²) >= 11 is 0. The summed E-state index contributed by atoms with van der Waals surface area (Å²) in [4.78, 5) is 28.2. The predicted molar refractivity (Wildman–Crippen MR) is 102 cm³/mol. The molecule has 4 rings (SSSR count). The van der Waals surface area contributed by atoms with Gasteiger partial charge in [-0.05, 0) is 19.3 Å². The van der Waals surface area contributed by atoms with E-state index in [0.29, 0.717) is 13.0 Å². The third kappa shape index (κ3) is 4.71. The number of nitrogens with one attached hydrogen (secondary N) is 3. The Morgan fingerprint density at radius 1 is 1.31 bits per heavy atom. The Morgan fingerprint density at radius 2 is 2.14 bits per heavy atom. The highest BCUT2D eigenvalue weighted by Crippen LogP contribution is 2.35. The number of rotatable bonds is 7. The molecule has 1 aliphatic carbocycles. The van der Waals surface area contributed by atoms with Gasteiger partial charge in [-0.1, -0.05) is 0 Å². The van der Waals surface area contributed by atoms with Gasteiger partial charge in [0, 0.05) is 38.4 Å². The normalized spacial score (nSPS) is 31.2. The summed E-state index contributed by atoms with van der Waals surface area (Å²) in [7, 11) is 1.87. The van der Waals surface area contributed by atoms with Gasteiger partial charge in [-0.25, -0.2) is 9.78 Å². The molecule has 3 fully saturated rings. The van der Waals surface area contributed by atoms with Crippen LogP contribution in [0.1, 0.15) is 37.9 Å². The molecule has 10 heteroatoms. The van der Waals surface area contributed by atoms with Crippen LogP contribution in [0.25, 0.3) is 0 Å². The molecule has 1 saturated carbocycles. The van der Waals surface area contributed by atoms with Crippen molar-refractivity contribution in [3.63, 3.8) is 0 Å². The molecule has 10 nitrogen and oxygen atoms in total. The fourth-order valence-electron chi connectivity index (χ4n) is 4.01. The number of aromatic nitrogens is 2. The van der Waals surface area contributed by atoms with E-state index in [9.17, 15) is 14.7 Å². The van der Waals surface area contributed by atoms with Crippen molar-refractivity contribution in [1.29, 1.82) is 0 Å². The third-order valence-electron chi connectivity index (χ3n) is 5.96. The second-order valence-corrected chi connectivity index (χ2v) is 8.08. The molecule has 1 aromatic rings. The van der Waals surface area contributed by atoms with Crippen LogP contribution < -0.4 is 16.0 Å². The van der Waals surface area contributed by atoms with Gasteiger partial charge in [0.1, 0.15) is 24.1 Å². The number of ether oxygens (including phenoxy) is 2. The molecular weight excluding hydrogens is 378 g/mol. The number of nitrogens with zero attached hydrogens (tertiary/aromatic N) is 2. The first kappa shape index (κ1) is 20.1. The van der Waals surface area contributed by atoms with Crippen LogP contribution in [-0.2, 0) is 27.9 Å². The van der Waals surface area contributed by atoms with Crippen LogP contribution in [0.2, 0.25) is 0 Å². The molecule has 4 N–H and O–H groups in total. The van der Waals surface area contributed by atoms with Crippen molar-refractivity contribution in [1.82, 2.24) is 25.5 Å². The minimum atomic E-state index is -0.829. The Morgan fingerprint density at radius 3 is 2.79 bits per heavy atom. The Labute approximate surface area is 169 Å². The number of aliphatic hydroxyl groups excluding tert-OH is 1. The Hall–Kier alpha value is -2.17. The maximum Gasteiger partial charge on any atom is 0.315 e. The van der Waals surface area contributed by atoms with Gasteiger partial charge in [0.25, 0.3) is 0 Å². The Balaban J connectivity index is 1.17. The number of hydrogen-bond donors (Lipinski definition) is 4. The molecule has 29 heavy (non-hydrogen) atoms. The minimum absolute atomic E-state index is 0.127. The van der Waals surface area contributed by atoms with E-state index in [0.717, 1.165) is 25.1 Å². The second kappa shape index (κ2) is 8.68. The predicted octanol–water partition coefficient (Wildman–Crippen LogP) is -0.436. The number of carbonyl (C=O) groups excluding carboxylic acids is 2. The topological polar surface area (TPSA) is 127 Å². The highest BCUT2D eigenvalue weighted by atomic mass is 16.6. The van der Waals surface area contributed by atoms with Crippen LogP contribution >= 0.6 is 0 Å². The summed E-state index contributed by atoms with van der Waals surface area (Å²) in [6, 6.07) is 0.0298. The highest BCUT2D eigenvalue weighted by Gasteiger charge is 2.50. The summed E-state index contributed by atoms with van der Waals surface area (Å²) in [6.07, 6.45) is 5.09. The van der Waals surface area contributed by atoms with E-state index in [-0.39, 0.29) is 43.2 Å². The molecule has 3 amide bonds. The average Bonchev–Trinajstić information content (AvgIpc) is 3.31. The number of amides is 3. The van der Waals surface area contributed by atoms with Crippen molar-refractivity contribution < 1.29 is 24.2 Å². The SMILES string of the molecule is Cn1ccnc1CNC(=O)C[C@@H]1C[C@H]2O[C@H](CNC(=O)NC3CCC3)[C@@H](O)[C@H]2O1. The molecule has 5 atom stereocenters. The van der Waals surface area contributed by atoms with Crippen molar-refractivity contribution in [2.75, 3.05) is 6.54 Å². The monoisotopic (exact) mass is 407 g/mol. The van der Waals surface area contributed by atoms with Crippen LogP contribution in [0.15, 0.2) is 12.4 Å². The van der Waals surface area contributed by atoms with Gasteiger partial charge in [-0.3, -0.25) is 4.79 Å². The minimum Gasteiger partial charge on any atom is -0.388 e. The van der Waals surface area contributed by atoms with Crippen molar-refractivity contribution >= 4 is 11.9 Å². The lowest BCUT2D eigenvalue weighted by Gasteiger charge is -2.27. The smallest absolute Gasteiger partial charge is 0.315 e. The Bertz CT molecular complexity index is 736. The largest absolute Gasteiger partial charge is 0.388 e. The summed E-state index contributed by atoms with van der Waals surface area (Å²) < 4.78 is 13.6. The van der Waals surface area contributed by atoms with E-state index in [1.807, 2.05) is 17.8 Å². The molecule has 3 heterocycles. The van der Waals surface area contributed by atoms with E-state index >= 15 is 0 Å². The zero-order valence-corrected chi connectivity index (χ0v) is 16.5. The molecular formula is C19H29N5O5. The number of fused-ring (bicyclic) bond motifs is 1. The summed E-state index contributed by atoms with van der Waals surface area (Å²) in [6.45, 7) is 0.586. The Kier molecular flexibility index (Phi) is 6.02. The van der Waals surface area contributed by atoms with Crippen molar-refractivity contribution in [2.45, 2.75) is 75.2 Å². The molecule has 0 aromatic carbocycles. The van der Waals surface area contributed by atoms with E-state index in [1.165, 1.54) is 0 Å². The average molecular weight is 407 g/mol. The number of aliphatic hydroxyl groups is 1.